The highest BCUT2D eigenvalue weighted by Gasteiger charge is 2.48. The Labute approximate surface area is 151 Å². The third kappa shape index (κ3) is 3.02. The number of amides is 1. The molecule has 0 aliphatic carbocycles. The number of nitrogens with zero attached hydrogens (tertiary/aromatic N) is 2. The fourth-order valence-electron chi connectivity index (χ4n) is 3.98. The number of rotatable bonds is 3. The van der Waals surface area contributed by atoms with Gasteiger partial charge in [0.15, 0.2) is 21.3 Å². The molecule has 25 heavy (non-hydrogen) atoms. The van der Waals surface area contributed by atoms with Crippen LogP contribution in [0.5, 0.6) is 11.5 Å². The molecule has 138 valence electrons. The summed E-state index contributed by atoms with van der Waals surface area (Å²) in [4.78, 5) is 17.6. The van der Waals surface area contributed by atoms with E-state index in [2.05, 4.69) is 11.8 Å². The predicted octanol–water partition coefficient (Wildman–Crippen LogP) is 0.853. The molecule has 0 N–H and O–H groups in total. The van der Waals surface area contributed by atoms with E-state index in [1.807, 2.05) is 0 Å². The Hall–Kier alpha value is -1.32. The minimum absolute atomic E-state index is 0.0501. The Morgan fingerprint density at radius 1 is 1.24 bits per heavy atom. The van der Waals surface area contributed by atoms with Crippen LogP contribution in [0.25, 0.3) is 0 Å². The zero-order valence-electron chi connectivity index (χ0n) is 14.1. The summed E-state index contributed by atoms with van der Waals surface area (Å²) in [5, 5.41) is 1.79. The normalized spacial score (nSPS) is 28.0. The van der Waals surface area contributed by atoms with Crippen LogP contribution in [-0.2, 0) is 9.84 Å². The van der Waals surface area contributed by atoms with Gasteiger partial charge in [0.1, 0.15) is 18.1 Å². The van der Waals surface area contributed by atoms with Gasteiger partial charge in [0, 0.05) is 24.5 Å². The minimum atomic E-state index is -3.12. The van der Waals surface area contributed by atoms with E-state index in [1.54, 1.807) is 10.3 Å². The Morgan fingerprint density at radius 3 is 2.80 bits per heavy atom. The maximum Gasteiger partial charge on any atom is 0.268 e. The SMILES string of the molecule is CCCN1CCN(C(=O)c2scc3c2OCCO3)[C@H]2CS(=O)(=O)C[C@H]21. The number of carbonyl (C=O) groups excluding carboxylic acids is 1. The first kappa shape index (κ1) is 17.1. The maximum absolute atomic E-state index is 13.1. The van der Waals surface area contributed by atoms with Gasteiger partial charge >= 0.3 is 0 Å². The Bertz CT molecular complexity index is 775. The largest absolute Gasteiger partial charge is 0.485 e. The van der Waals surface area contributed by atoms with E-state index in [4.69, 9.17) is 9.47 Å². The second-order valence-corrected chi connectivity index (χ2v) is 9.73. The lowest BCUT2D eigenvalue weighted by Crippen LogP contribution is -2.60. The molecule has 4 heterocycles. The van der Waals surface area contributed by atoms with Crippen molar-refractivity contribution in [3.63, 3.8) is 0 Å². The molecule has 0 aromatic carbocycles. The topological polar surface area (TPSA) is 76.2 Å². The molecule has 2 atom stereocenters. The molecule has 1 amide bonds. The maximum atomic E-state index is 13.1. The van der Waals surface area contributed by atoms with Crippen molar-refractivity contribution in [3.8, 4) is 11.5 Å². The van der Waals surface area contributed by atoms with Gasteiger partial charge in [-0.3, -0.25) is 9.69 Å². The monoisotopic (exact) mass is 386 g/mol. The molecule has 0 unspecified atom stereocenters. The summed E-state index contributed by atoms with van der Waals surface area (Å²) in [6.07, 6.45) is 0.973. The lowest BCUT2D eigenvalue weighted by Gasteiger charge is -2.43. The molecule has 0 bridgehead atoms. The van der Waals surface area contributed by atoms with Crippen LogP contribution in [0.3, 0.4) is 0 Å². The Kier molecular flexibility index (Phi) is 4.41. The summed E-state index contributed by atoms with van der Waals surface area (Å²) < 4.78 is 35.6. The molecule has 3 aliphatic heterocycles. The zero-order valence-corrected chi connectivity index (χ0v) is 15.8. The number of piperazine rings is 1. The smallest absolute Gasteiger partial charge is 0.268 e. The van der Waals surface area contributed by atoms with Crippen LogP contribution in [0, 0.1) is 0 Å². The van der Waals surface area contributed by atoms with Gasteiger partial charge in [-0.1, -0.05) is 6.92 Å². The van der Waals surface area contributed by atoms with E-state index in [0.717, 1.165) is 13.0 Å². The fraction of sp³-hybridized carbons (Fsp3) is 0.688. The van der Waals surface area contributed by atoms with Crippen molar-refractivity contribution in [2.24, 2.45) is 0 Å². The van der Waals surface area contributed by atoms with E-state index in [9.17, 15) is 13.2 Å². The lowest BCUT2D eigenvalue weighted by molar-refractivity contribution is 0.0332. The molecule has 3 aliphatic rings. The summed E-state index contributed by atoms with van der Waals surface area (Å²) in [5.74, 6) is 1.17. The molecule has 0 radical (unpaired) electrons. The summed E-state index contributed by atoms with van der Waals surface area (Å²) in [7, 11) is -3.12. The van der Waals surface area contributed by atoms with E-state index >= 15 is 0 Å². The lowest BCUT2D eigenvalue weighted by atomic mass is 10.0. The fourth-order valence-corrected chi connectivity index (χ4v) is 6.88. The second-order valence-electron chi connectivity index (χ2n) is 6.70. The molecular formula is C16H22N2O5S2. The van der Waals surface area contributed by atoms with Gasteiger partial charge in [-0.15, -0.1) is 11.3 Å². The third-order valence-electron chi connectivity index (χ3n) is 5.06. The predicted molar refractivity (Wildman–Crippen MR) is 94.4 cm³/mol. The van der Waals surface area contributed by atoms with Crippen molar-refractivity contribution in [1.82, 2.24) is 9.80 Å². The average Bonchev–Trinajstić information content (AvgIpc) is 3.15. The highest BCUT2D eigenvalue weighted by Crippen LogP contribution is 2.41. The molecule has 0 saturated carbocycles. The number of thiophene rings is 1. The molecule has 9 heteroatoms. The van der Waals surface area contributed by atoms with Crippen molar-refractivity contribution < 1.29 is 22.7 Å². The number of ether oxygens (including phenoxy) is 2. The van der Waals surface area contributed by atoms with Crippen molar-refractivity contribution in [3.05, 3.63) is 10.3 Å². The van der Waals surface area contributed by atoms with E-state index in [1.165, 1.54) is 11.3 Å². The van der Waals surface area contributed by atoms with E-state index in [-0.39, 0.29) is 29.5 Å². The molecule has 0 spiro atoms. The Morgan fingerprint density at radius 2 is 2.00 bits per heavy atom. The highest BCUT2D eigenvalue weighted by molar-refractivity contribution is 7.91. The minimum Gasteiger partial charge on any atom is -0.485 e. The second kappa shape index (κ2) is 6.44. The van der Waals surface area contributed by atoms with Crippen LogP contribution in [0.2, 0.25) is 0 Å². The van der Waals surface area contributed by atoms with Gasteiger partial charge in [-0.2, -0.15) is 0 Å². The summed E-state index contributed by atoms with van der Waals surface area (Å²) in [6.45, 7) is 5.12. The van der Waals surface area contributed by atoms with Crippen molar-refractivity contribution in [1.29, 1.82) is 0 Å². The molecule has 4 rings (SSSR count). The number of sulfone groups is 1. The van der Waals surface area contributed by atoms with Crippen molar-refractivity contribution in [2.45, 2.75) is 25.4 Å². The van der Waals surface area contributed by atoms with Gasteiger partial charge in [0.05, 0.1) is 17.5 Å². The Balaban J connectivity index is 1.62. The first-order valence-electron chi connectivity index (χ1n) is 8.62. The van der Waals surface area contributed by atoms with Gasteiger partial charge in [0.25, 0.3) is 5.91 Å². The number of hydrogen-bond acceptors (Lipinski definition) is 7. The first-order valence-corrected chi connectivity index (χ1v) is 11.3. The van der Waals surface area contributed by atoms with Gasteiger partial charge < -0.3 is 14.4 Å². The van der Waals surface area contributed by atoms with Crippen LogP contribution >= 0.6 is 11.3 Å². The van der Waals surface area contributed by atoms with Crippen molar-refractivity contribution in [2.75, 3.05) is 44.4 Å². The van der Waals surface area contributed by atoms with Crippen LogP contribution in [0.1, 0.15) is 23.0 Å². The molecular weight excluding hydrogens is 364 g/mol. The van der Waals surface area contributed by atoms with E-state index in [0.29, 0.717) is 42.7 Å². The molecule has 2 saturated heterocycles. The molecule has 2 fully saturated rings. The molecule has 7 nitrogen and oxygen atoms in total. The van der Waals surface area contributed by atoms with Gasteiger partial charge in [-0.05, 0) is 13.0 Å². The average molecular weight is 386 g/mol. The number of fused-ring (bicyclic) bond motifs is 2. The number of hydrogen-bond donors (Lipinski definition) is 0. The van der Waals surface area contributed by atoms with Gasteiger partial charge in [-0.25, -0.2) is 8.42 Å². The van der Waals surface area contributed by atoms with E-state index < -0.39 is 9.84 Å². The molecule has 1 aromatic heterocycles. The standard InChI is InChI=1S/C16H22N2O5S2/c1-2-3-17-4-5-18(12-10-25(20,21)9-11(12)17)16(19)15-14-13(8-24-15)22-6-7-23-14/h8,11-12H,2-7,9-10H2,1H3/t11-,12+/m1/s1. The van der Waals surface area contributed by atoms with Crippen LogP contribution < -0.4 is 9.47 Å². The summed E-state index contributed by atoms with van der Waals surface area (Å²) >= 11 is 1.31. The highest BCUT2D eigenvalue weighted by atomic mass is 32.2. The zero-order chi connectivity index (χ0) is 17.6. The van der Waals surface area contributed by atoms with Crippen LogP contribution in [-0.4, -0.2) is 80.6 Å². The van der Waals surface area contributed by atoms with Crippen LogP contribution in [0.4, 0.5) is 0 Å². The summed E-state index contributed by atoms with van der Waals surface area (Å²) in [6, 6.07) is -0.379. The quantitative estimate of drug-likeness (QED) is 0.767. The molecule has 1 aromatic rings. The van der Waals surface area contributed by atoms with Gasteiger partial charge in [0.2, 0.25) is 0 Å². The third-order valence-corrected chi connectivity index (χ3v) is 7.68. The summed E-state index contributed by atoms with van der Waals surface area (Å²) in [5.41, 5.74) is 0. The first-order chi connectivity index (χ1) is 12.0. The van der Waals surface area contributed by atoms with Crippen molar-refractivity contribution >= 4 is 27.1 Å². The number of carbonyl (C=O) groups is 1. The van der Waals surface area contributed by atoms with Crippen LogP contribution in [0.15, 0.2) is 5.38 Å².